The van der Waals surface area contributed by atoms with E-state index in [2.05, 4.69) is 15.0 Å². The summed E-state index contributed by atoms with van der Waals surface area (Å²) in [5.41, 5.74) is 0. The SMILES string of the molecule is O=C(Nc1ccon1)C1CCC(=O)N1Cc1cccs1. The van der Waals surface area contributed by atoms with Crippen molar-refractivity contribution in [1.82, 2.24) is 10.1 Å². The molecular formula is C13H13N3O3S. The molecule has 7 heteroatoms. The number of aromatic nitrogens is 1. The second kappa shape index (κ2) is 5.46. The maximum Gasteiger partial charge on any atom is 0.248 e. The van der Waals surface area contributed by atoms with Gasteiger partial charge in [-0.05, 0) is 17.9 Å². The van der Waals surface area contributed by atoms with Gasteiger partial charge in [-0.1, -0.05) is 11.2 Å². The quantitative estimate of drug-likeness (QED) is 0.933. The van der Waals surface area contributed by atoms with Crippen molar-refractivity contribution in [2.24, 2.45) is 0 Å². The molecule has 20 heavy (non-hydrogen) atoms. The molecule has 0 aliphatic carbocycles. The fourth-order valence-corrected chi connectivity index (χ4v) is 2.96. The summed E-state index contributed by atoms with van der Waals surface area (Å²) in [6, 6.07) is 5.02. The van der Waals surface area contributed by atoms with Crippen molar-refractivity contribution in [2.45, 2.75) is 25.4 Å². The Bertz CT molecular complexity index is 594. The van der Waals surface area contributed by atoms with Crippen LogP contribution in [0.2, 0.25) is 0 Å². The molecule has 0 radical (unpaired) electrons. The molecule has 1 fully saturated rings. The largest absolute Gasteiger partial charge is 0.363 e. The second-order valence-electron chi connectivity index (χ2n) is 4.53. The molecular weight excluding hydrogens is 278 g/mol. The van der Waals surface area contributed by atoms with Gasteiger partial charge < -0.3 is 14.7 Å². The molecule has 2 aromatic heterocycles. The Kier molecular flexibility index (Phi) is 3.51. The van der Waals surface area contributed by atoms with Crippen molar-refractivity contribution >= 4 is 29.0 Å². The number of carbonyl (C=O) groups is 2. The monoisotopic (exact) mass is 291 g/mol. The van der Waals surface area contributed by atoms with Gasteiger partial charge in [0.25, 0.3) is 0 Å². The minimum Gasteiger partial charge on any atom is -0.363 e. The predicted octanol–water partition coefficient (Wildman–Crippen LogP) is 1.87. The van der Waals surface area contributed by atoms with Crippen LogP contribution in [0.3, 0.4) is 0 Å². The fraction of sp³-hybridized carbons (Fsp3) is 0.308. The van der Waals surface area contributed by atoms with Crippen LogP contribution in [0, 0.1) is 0 Å². The predicted molar refractivity (Wildman–Crippen MR) is 73.0 cm³/mol. The van der Waals surface area contributed by atoms with E-state index < -0.39 is 6.04 Å². The highest BCUT2D eigenvalue weighted by Crippen LogP contribution is 2.24. The van der Waals surface area contributed by atoms with Gasteiger partial charge in [-0.25, -0.2) is 0 Å². The Morgan fingerprint density at radius 2 is 2.45 bits per heavy atom. The summed E-state index contributed by atoms with van der Waals surface area (Å²) in [5.74, 6) is 0.158. The van der Waals surface area contributed by atoms with E-state index in [9.17, 15) is 9.59 Å². The van der Waals surface area contributed by atoms with Gasteiger partial charge in [0.2, 0.25) is 11.8 Å². The van der Waals surface area contributed by atoms with Crippen LogP contribution in [-0.4, -0.2) is 27.9 Å². The standard InChI is InChI=1S/C13H13N3O3S/c17-12-4-3-10(13(18)14-11-5-6-19-15-11)16(12)8-9-2-1-7-20-9/h1-2,5-7,10H,3-4,8H2,(H,14,15,18). The van der Waals surface area contributed by atoms with Crippen LogP contribution in [0.1, 0.15) is 17.7 Å². The lowest BCUT2D eigenvalue weighted by atomic mass is 10.2. The van der Waals surface area contributed by atoms with Crippen molar-refractivity contribution in [3.63, 3.8) is 0 Å². The number of amides is 2. The molecule has 6 nitrogen and oxygen atoms in total. The van der Waals surface area contributed by atoms with Crippen LogP contribution >= 0.6 is 11.3 Å². The number of thiophene rings is 1. The van der Waals surface area contributed by atoms with Gasteiger partial charge in [-0.3, -0.25) is 9.59 Å². The van der Waals surface area contributed by atoms with E-state index in [0.29, 0.717) is 25.2 Å². The summed E-state index contributed by atoms with van der Waals surface area (Å²) in [4.78, 5) is 26.8. The summed E-state index contributed by atoms with van der Waals surface area (Å²) < 4.78 is 4.67. The number of nitrogens with one attached hydrogen (secondary N) is 1. The third kappa shape index (κ3) is 2.57. The third-order valence-electron chi connectivity index (χ3n) is 3.23. The Hall–Kier alpha value is -2.15. The number of anilines is 1. The van der Waals surface area contributed by atoms with E-state index in [4.69, 9.17) is 0 Å². The van der Waals surface area contributed by atoms with Crippen molar-refractivity contribution in [3.8, 4) is 0 Å². The first kappa shape index (κ1) is 12.9. The molecule has 0 saturated carbocycles. The van der Waals surface area contributed by atoms with Crippen LogP contribution in [-0.2, 0) is 16.1 Å². The maximum absolute atomic E-state index is 12.2. The van der Waals surface area contributed by atoms with Crippen molar-refractivity contribution in [2.75, 3.05) is 5.32 Å². The van der Waals surface area contributed by atoms with Crippen molar-refractivity contribution < 1.29 is 14.1 Å². The number of rotatable bonds is 4. The molecule has 1 atom stereocenters. The zero-order valence-electron chi connectivity index (χ0n) is 10.6. The van der Waals surface area contributed by atoms with Gasteiger partial charge in [-0.2, -0.15) is 0 Å². The zero-order chi connectivity index (χ0) is 13.9. The van der Waals surface area contributed by atoms with Crippen LogP contribution in [0.5, 0.6) is 0 Å². The second-order valence-corrected chi connectivity index (χ2v) is 5.56. The lowest BCUT2D eigenvalue weighted by Crippen LogP contribution is -2.41. The third-order valence-corrected chi connectivity index (χ3v) is 4.09. The molecule has 2 amide bonds. The van der Waals surface area contributed by atoms with Crippen molar-refractivity contribution in [3.05, 3.63) is 34.7 Å². The first-order chi connectivity index (χ1) is 9.74. The molecule has 1 unspecified atom stereocenters. The van der Waals surface area contributed by atoms with Gasteiger partial charge in [0.15, 0.2) is 5.82 Å². The molecule has 0 spiro atoms. The molecule has 1 aliphatic rings. The van der Waals surface area contributed by atoms with E-state index >= 15 is 0 Å². The number of hydrogen-bond donors (Lipinski definition) is 1. The topological polar surface area (TPSA) is 75.4 Å². The van der Waals surface area contributed by atoms with E-state index in [-0.39, 0.29) is 11.8 Å². The highest BCUT2D eigenvalue weighted by Gasteiger charge is 2.36. The summed E-state index contributed by atoms with van der Waals surface area (Å²) >= 11 is 1.58. The van der Waals surface area contributed by atoms with Crippen LogP contribution in [0.25, 0.3) is 0 Å². The number of hydrogen-bond acceptors (Lipinski definition) is 5. The highest BCUT2D eigenvalue weighted by molar-refractivity contribution is 7.09. The summed E-state index contributed by atoms with van der Waals surface area (Å²) in [7, 11) is 0. The number of carbonyl (C=O) groups excluding carboxylic acids is 2. The average Bonchev–Trinajstić information content (AvgIpc) is 3.14. The molecule has 0 bridgehead atoms. The van der Waals surface area contributed by atoms with Gasteiger partial charge in [0.05, 0.1) is 6.54 Å². The minimum atomic E-state index is -0.443. The smallest absolute Gasteiger partial charge is 0.248 e. The fourth-order valence-electron chi connectivity index (χ4n) is 2.26. The molecule has 1 aliphatic heterocycles. The van der Waals surface area contributed by atoms with E-state index in [1.807, 2.05) is 17.5 Å². The average molecular weight is 291 g/mol. The molecule has 2 aromatic rings. The van der Waals surface area contributed by atoms with Gasteiger partial charge in [0.1, 0.15) is 12.3 Å². The molecule has 104 valence electrons. The first-order valence-electron chi connectivity index (χ1n) is 6.27. The Morgan fingerprint density at radius 3 is 3.15 bits per heavy atom. The van der Waals surface area contributed by atoms with E-state index in [1.54, 1.807) is 22.3 Å². The van der Waals surface area contributed by atoms with Crippen molar-refractivity contribution in [1.29, 1.82) is 0 Å². The summed E-state index contributed by atoms with van der Waals surface area (Å²) in [6.45, 7) is 0.480. The molecule has 1 saturated heterocycles. The van der Waals surface area contributed by atoms with Gasteiger partial charge in [0, 0.05) is 17.4 Å². The Labute approximate surface area is 119 Å². The molecule has 0 aromatic carbocycles. The van der Waals surface area contributed by atoms with Gasteiger partial charge >= 0.3 is 0 Å². The van der Waals surface area contributed by atoms with Crippen LogP contribution in [0.15, 0.2) is 34.4 Å². The van der Waals surface area contributed by atoms with Crippen LogP contribution in [0.4, 0.5) is 5.82 Å². The first-order valence-corrected chi connectivity index (χ1v) is 7.15. The van der Waals surface area contributed by atoms with E-state index in [1.165, 1.54) is 6.26 Å². The normalized spacial score (nSPS) is 18.5. The lowest BCUT2D eigenvalue weighted by molar-refractivity contribution is -0.133. The number of likely N-dealkylation sites (tertiary alicyclic amines) is 1. The summed E-state index contributed by atoms with van der Waals surface area (Å²) in [6.07, 6.45) is 2.33. The Balaban J connectivity index is 1.70. The highest BCUT2D eigenvalue weighted by atomic mass is 32.1. The summed E-state index contributed by atoms with van der Waals surface area (Å²) in [5, 5.41) is 8.26. The molecule has 1 N–H and O–H groups in total. The number of nitrogens with zero attached hydrogens (tertiary/aromatic N) is 2. The van der Waals surface area contributed by atoms with E-state index in [0.717, 1.165) is 4.88 Å². The van der Waals surface area contributed by atoms with Crippen LogP contribution < -0.4 is 5.32 Å². The van der Waals surface area contributed by atoms with Gasteiger partial charge in [-0.15, -0.1) is 11.3 Å². The molecule has 3 heterocycles. The lowest BCUT2D eigenvalue weighted by Gasteiger charge is -2.23. The zero-order valence-corrected chi connectivity index (χ0v) is 11.4. The molecule has 3 rings (SSSR count). The Morgan fingerprint density at radius 1 is 1.55 bits per heavy atom. The maximum atomic E-state index is 12.2. The minimum absolute atomic E-state index is 0.0127.